The summed E-state index contributed by atoms with van der Waals surface area (Å²) in [4.78, 5) is 27.7. The number of aromatic nitrogens is 1. The zero-order chi connectivity index (χ0) is 21.8. The molecule has 0 unspecified atom stereocenters. The second-order valence-corrected chi connectivity index (χ2v) is 7.99. The Balaban J connectivity index is 1.36. The number of halogens is 1. The van der Waals surface area contributed by atoms with E-state index in [4.69, 9.17) is 21.1 Å². The van der Waals surface area contributed by atoms with Crippen LogP contribution in [0.15, 0.2) is 59.1 Å². The Hall–Kier alpha value is -3.32. The largest absolute Gasteiger partial charge is 0.481 e. The normalized spacial score (nSPS) is 18.4. The van der Waals surface area contributed by atoms with E-state index < -0.39 is 5.97 Å². The van der Waals surface area contributed by atoms with Crippen molar-refractivity contribution in [1.29, 1.82) is 0 Å². The minimum atomic E-state index is -0.721. The van der Waals surface area contributed by atoms with Crippen molar-refractivity contribution in [3.8, 4) is 11.3 Å². The average Bonchev–Trinajstić information content (AvgIpc) is 3.26. The second kappa shape index (κ2) is 9.22. The predicted molar refractivity (Wildman–Crippen MR) is 118 cm³/mol. The summed E-state index contributed by atoms with van der Waals surface area (Å²) in [6.07, 6.45) is 4.51. The monoisotopic (exact) mass is 439 g/mol. The molecule has 0 spiro atoms. The van der Waals surface area contributed by atoms with Gasteiger partial charge in [-0.2, -0.15) is 0 Å². The smallest absolute Gasteiger partial charge is 0.323 e. The van der Waals surface area contributed by atoms with Crippen LogP contribution in [0.25, 0.3) is 11.3 Å². The minimum absolute atomic E-state index is 0.152. The maximum absolute atomic E-state index is 12.2. The Morgan fingerprint density at radius 2 is 1.71 bits per heavy atom. The lowest BCUT2D eigenvalue weighted by atomic mass is 9.82. The van der Waals surface area contributed by atoms with Crippen molar-refractivity contribution >= 4 is 35.0 Å². The van der Waals surface area contributed by atoms with E-state index in [9.17, 15) is 9.59 Å². The number of carboxylic acid groups (broad SMARTS) is 1. The third-order valence-electron chi connectivity index (χ3n) is 5.50. The molecule has 3 N–H and O–H groups in total. The van der Waals surface area contributed by atoms with Gasteiger partial charge >= 0.3 is 12.0 Å². The highest BCUT2D eigenvalue weighted by molar-refractivity contribution is 6.33. The number of para-hydroxylation sites is 1. The number of nitrogens with zero attached hydrogens (tertiary/aromatic N) is 1. The summed E-state index contributed by atoms with van der Waals surface area (Å²) in [5.41, 5.74) is 2.00. The summed E-state index contributed by atoms with van der Waals surface area (Å²) in [5, 5.41) is 15.1. The summed E-state index contributed by atoms with van der Waals surface area (Å²) in [6.45, 7) is 0. The molecule has 7 nitrogen and oxygen atoms in total. The molecule has 2 aromatic carbocycles. The maximum Gasteiger partial charge on any atom is 0.323 e. The summed E-state index contributed by atoms with van der Waals surface area (Å²) >= 11 is 6.05. The number of benzene rings is 2. The first kappa shape index (κ1) is 20.9. The van der Waals surface area contributed by atoms with Gasteiger partial charge in [0, 0.05) is 17.2 Å². The van der Waals surface area contributed by atoms with Crippen LogP contribution in [0.1, 0.15) is 37.5 Å². The molecule has 0 saturated heterocycles. The molecule has 0 bridgehead atoms. The van der Waals surface area contributed by atoms with Gasteiger partial charge in [0.2, 0.25) is 0 Å². The number of urea groups is 1. The van der Waals surface area contributed by atoms with Crippen molar-refractivity contribution in [2.75, 3.05) is 10.6 Å². The van der Waals surface area contributed by atoms with Crippen molar-refractivity contribution in [3.05, 3.63) is 65.6 Å². The molecule has 1 aromatic heterocycles. The fraction of sp³-hybridized carbons (Fsp3) is 0.261. The van der Waals surface area contributed by atoms with Crippen molar-refractivity contribution < 1.29 is 19.1 Å². The van der Waals surface area contributed by atoms with Gasteiger partial charge in [-0.3, -0.25) is 4.79 Å². The number of rotatable bonds is 5. The Bertz CT molecular complexity index is 1070. The molecule has 0 atom stereocenters. The maximum atomic E-state index is 12.2. The van der Waals surface area contributed by atoms with Crippen molar-refractivity contribution in [2.24, 2.45) is 5.92 Å². The second-order valence-electron chi connectivity index (χ2n) is 7.59. The number of nitrogens with one attached hydrogen (secondary N) is 2. The number of hydrogen-bond donors (Lipinski definition) is 3. The molecule has 31 heavy (non-hydrogen) atoms. The van der Waals surface area contributed by atoms with Crippen LogP contribution in [0.3, 0.4) is 0 Å². The molecule has 0 radical (unpaired) electrons. The van der Waals surface area contributed by atoms with Crippen LogP contribution in [0, 0.1) is 5.92 Å². The molecule has 1 aliphatic carbocycles. The Morgan fingerprint density at radius 3 is 2.39 bits per heavy atom. The van der Waals surface area contributed by atoms with Crippen LogP contribution in [-0.4, -0.2) is 22.1 Å². The van der Waals surface area contributed by atoms with E-state index >= 15 is 0 Å². The summed E-state index contributed by atoms with van der Waals surface area (Å²) in [5.74, 6) is 0.461. The number of carboxylic acids is 1. The third-order valence-corrected chi connectivity index (χ3v) is 5.83. The van der Waals surface area contributed by atoms with Gasteiger partial charge in [-0.15, -0.1) is 0 Å². The Labute approximate surface area is 184 Å². The van der Waals surface area contributed by atoms with Gasteiger partial charge in [-0.25, -0.2) is 9.78 Å². The van der Waals surface area contributed by atoms with Crippen LogP contribution >= 0.6 is 11.6 Å². The topological polar surface area (TPSA) is 104 Å². The molecule has 1 saturated carbocycles. The van der Waals surface area contributed by atoms with Gasteiger partial charge in [0.15, 0.2) is 11.7 Å². The van der Waals surface area contributed by atoms with Crippen LogP contribution in [0.4, 0.5) is 16.2 Å². The lowest BCUT2D eigenvalue weighted by molar-refractivity contribution is -0.142. The van der Waals surface area contributed by atoms with E-state index in [1.54, 1.807) is 42.6 Å². The molecule has 8 heteroatoms. The molecule has 1 heterocycles. The average molecular weight is 440 g/mol. The van der Waals surface area contributed by atoms with Crippen LogP contribution in [0.5, 0.6) is 0 Å². The zero-order valence-electron chi connectivity index (χ0n) is 16.7. The van der Waals surface area contributed by atoms with Gasteiger partial charge in [0.05, 0.1) is 22.8 Å². The van der Waals surface area contributed by atoms with Gasteiger partial charge in [-0.1, -0.05) is 23.7 Å². The highest BCUT2D eigenvalue weighted by atomic mass is 35.5. The Morgan fingerprint density at radius 1 is 1.00 bits per heavy atom. The summed E-state index contributed by atoms with van der Waals surface area (Å²) in [7, 11) is 0. The SMILES string of the molecule is O=C(Nc1ccc(-c2cnc(C3CCC(C(=O)O)CC3)o2)cc1)Nc1ccccc1Cl. The summed E-state index contributed by atoms with van der Waals surface area (Å²) in [6, 6.07) is 13.9. The molecule has 3 aromatic rings. The first-order chi connectivity index (χ1) is 15.0. The molecule has 1 aliphatic rings. The third kappa shape index (κ3) is 5.06. The zero-order valence-corrected chi connectivity index (χ0v) is 17.4. The van der Waals surface area contributed by atoms with E-state index in [1.165, 1.54) is 0 Å². The minimum Gasteiger partial charge on any atom is -0.481 e. The molecule has 160 valence electrons. The number of amides is 2. The number of oxazole rings is 1. The standard InChI is InChI=1S/C23H22ClN3O4/c24-18-3-1-2-4-19(18)27-23(30)26-17-11-9-14(10-12-17)20-13-25-21(31-20)15-5-7-16(8-6-15)22(28)29/h1-4,9-13,15-16H,5-8H2,(H,28,29)(H2,26,27,30). The highest BCUT2D eigenvalue weighted by Gasteiger charge is 2.29. The van der Waals surface area contributed by atoms with Crippen molar-refractivity contribution in [3.63, 3.8) is 0 Å². The molecule has 2 amide bonds. The molecule has 4 rings (SSSR count). The van der Waals surface area contributed by atoms with Gasteiger partial charge in [-0.05, 0) is 62.1 Å². The predicted octanol–water partition coefficient (Wildman–Crippen LogP) is 6.00. The van der Waals surface area contributed by atoms with Crippen molar-refractivity contribution in [1.82, 2.24) is 4.98 Å². The molecular formula is C23H22ClN3O4. The van der Waals surface area contributed by atoms with Crippen LogP contribution in [-0.2, 0) is 4.79 Å². The first-order valence-corrected chi connectivity index (χ1v) is 10.5. The van der Waals surface area contributed by atoms with E-state index in [0.29, 0.717) is 40.9 Å². The number of anilines is 2. The quantitative estimate of drug-likeness (QED) is 0.452. The number of aliphatic carboxylic acids is 1. The van der Waals surface area contributed by atoms with Crippen molar-refractivity contribution in [2.45, 2.75) is 31.6 Å². The van der Waals surface area contributed by atoms with E-state index in [1.807, 2.05) is 12.1 Å². The van der Waals surface area contributed by atoms with E-state index in [-0.39, 0.29) is 17.9 Å². The first-order valence-electron chi connectivity index (χ1n) is 10.1. The van der Waals surface area contributed by atoms with E-state index in [0.717, 1.165) is 18.4 Å². The molecule has 0 aliphatic heterocycles. The van der Waals surface area contributed by atoms with Crippen LogP contribution < -0.4 is 10.6 Å². The van der Waals surface area contributed by atoms with Gasteiger partial charge in [0.25, 0.3) is 0 Å². The fourth-order valence-corrected chi connectivity index (χ4v) is 3.95. The lowest BCUT2D eigenvalue weighted by Gasteiger charge is -2.23. The number of carbonyl (C=O) groups is 2. The van der Waals surface area contributed by atoms with Crippen LogP contribution in [0.2, 0.25) is 5.02 Å². The molecule has 1 fully saturated rings. The summed E-state index contributed by atoms with van der Waals surface area (Å²) < 4.78 is 5.95. The van der Waals surface area contributed by atoms with E-state index in [2.05, 4.69) is 15.6 Å². The molecular weight excluding hydrogens is 418 g/mol. The van der Waals surface area contributed by atoms with Gasteiger partial charge < -0.3 is 20.2 Å². The highest BCUT2D eigenvalue weighted by Crippen LogP contribution is 2.36. The number of carbonyl (C=O) groups excluding carboxylic acids is 1. The lowest BCUT2D eigenvalue weighted by Crippen LogP contribution is -2.20. The van der Waals surface area contributed by atoms with Gasteiger partial charge in [0.1, 0.15) is 0 Å². The Kier molecular flexibility index (Phi) is 6.23. The number of hydrogen-bond acceptors (Lipinski definition) is 4. The fourth-order valence-electron chi connectivity index (χ4n) is 3.76.